The topological polar surface area (TPSA) is 41.1 Å². The van der Waals surface area contributed by atoms with Gasteiger partial charge in [0.05, 0.1) is 6.54 Å². The van der Waals surface area contributed by atoms with Gasteiger partial charge < -0.3 is 10.6 Å². The zero-order valence-corrected chi connectivity index (χ0v) is 10.6. The van der Waals surface area contributed by atoms with E-state index in [9.17, 15) is 13.6 Å². The quantitative estimate of drug-likeness (QED) is 0.818. The van der Waals surface area contributed by atoms with E-state index in [4.69, 9.17) is 0 Å². The highest BCUT2D eigenvalue weighted by Crippen LogP contribution is 2.15. The molecule has 0 spiro atoms. The molecule has 1 aromatic carbocycles. The van der Waals surface area contributed by atoms with Crippen LogP contribution in [0, 0.1) is 11.6 Å². The van der Waals surface area contributed by atoms with Gasteiger partial charge >= 0.3 is 0 Å². The van der Waals surface area contributed by atoms with Crippen molar-refractivity contribution in [1.82, 2.24) is 10.6 Å². The first kappa shape index (κ1) is 14.6. The number of benzene rings is 1. The number of rotatable bonds is 6. The maximum atomic E-state index is 13.0. The molecule has 0 fully saturated rings. The normalized spacial score (nSPS) is 12.2. The molecule has 1 aromatic rings. The van der Waals surface area contributed by atoms with Gasteiger partial charge in [-0.1, -0.05) is 13.0 Å². The monoisotopic (exact) mass is 256 g/mol. The Morgan fingerprint density at radius 2 is 2.06 bits per heavy atom. The summed E-state index contributed by atoms with van der Waals surface area (Å²) in [5.41, 5.74) is 0.609. The van der Waals surface area contributed by atoms with Crippen molar-refractivity contribution >= 4 is 5.91 Å². The summed E-state index contributed by atoms with van der Waals surface area (Å²) in [5.74, 6) is -1.85. The van der Waals surface area contributed by atoms with Crippen molar-refractivity contribution in [1.29, 1.82) is 0 Å². The van der Waals surface area contributed by atoms with E-state index in [1.165, 1.54) is 6.07 Å². The van der Waals surface area contributed by atoms with E-state index in [0.717, 1.165) is 18.6 Å². The van der Waals surface area contributed by atoms with Crippen molar-refractivity contribution in [3.8, 4) is 0 Å². The molecular formula is C13H18F2N2O. The zero-order chi connectivity index (χ0) is 13.5. The predicted octanol–water partition coefficient (Wildman–Crippen LogP) is 2.14. The van der Waals surface area contributed by atoms with Gasteiger partial charge in [-0.25, -0.2) is 8.78 Å². The molecule has 0 aliphatic carbocycles. The lowest BCUT2D eigenvalue weighted by atomic mass is 10.1. The summed E-state index contributed by atoms with van der Waals surface area (Å²) in [5, 5.41) is 5.68. The first-order valence-electron chi connectivity index (χ1n) is 5.99. The van der Waals surface area contributed by atoms with E-state index in [2.05, 4.69) is 10.6 Å². The lowest BCUT2D eigenvalue weighted by molar-refractivity contribution is -0.120. The number of hydrogen-bond donors (Lipinski definition) is 2. The van der Waals surface area contributed by atoms with E-state index in [1.807, 2.05) is 6.92 Å². The Morgan fingerprint density at radius 1 is 1.33 bits per heavy atom. The third-order valence-corrected chi connectivity index (χ3v) is 2.58. The number of hydrogen-bond acceptors (Lipinski definition) is 2. The molecule has 0 saturated carbocycles. The van der Waals surface area contributed by atoms with E-state index < -0.39 is 11.6 Å². The molecule has 3 nitrogen and oxygen atoms in total. The minimum Gasteiger partial charge on any atom is -0.355 e. The van der Waals surface area contributed by atoms with Crippen LogP contribution in [0.5, 0.6) is 0 Å². The molecule has 0 bridgehead atoms. The average Bonchev–Trinajstić information content (AvgIpc) is 2.36. The minimum absolute atomic E-state index is 0.105. The number of amides is 1. The van der Waals surface area contributed by atoms with Gasteiger partial charge in [0, 0.05) is 12.6 Å². The van der Waals surface area contributed by atoms with E-state index in [-0.39, 0.29) is 18.5 Å². The summed E-state index contributed by atoms with van der Waals surface area (Å²) in [6, 6.07) is 3.50. The molecule has 1 rings (SSSR count). The van der Waals surface area contributed by atoms with Gasteiger partial charge in [-0.15, -0.1) is 0 Å². The highest BCUT2D eigenvalue weighted by molar-refractivity contribution is 5.77. The Bertz CT molecular complexity index is 410. The van der Waals surface area contributed by atoms with Gasteiger partial charge in [0.2, 0.25) is 5.91 Å². The summed E-state index contributed by atoms with van der Waals surface area (Å²) in [4.78, 5) is 11.4. The van der Waals surface area contributed by atoms with Crippen molar-refractivity contribution in [2.24, 2.45) is 0 Å². The minimum atomic E-state index is -0.878. The van der Waals surface area contributed by atoms with Gasteiger partial charge in [0.1, 0.15) is 0 Å². The Kier molecular flexibility index (Phi) is 5.71. The van der Waals surface area contributed by atoms with Crippen LogP contribution in [0.2, 0.25) is 0 Å². The van der Waals surface area contributed by atoms with Crippen molar-refractivity contribution in [2.75, 3.05) is 13.1 Å². The van der Waals surface area contributed by atoms with Crippen LogP contribution in [0.3, 0.4) is 0 Å². The number of nitrogens with one attached hydrogen (secondary N) is 2. The second kappa shape index (κ2) is 7.06. The molecule has 0 saturated heterocycles. The van der Waals surface area contributed by atoms with E-state index in [0.29, 0.717) is 12.1 Å². The fraction of sp³-hybridized carbons (Fsp3) is 0.462. The van der Waals surface area contributed by atoms with Crippen molar-refractivity contribution in [3.05, 3.63) is 35.4 Å². The molecule has 0 aromatic heterocycles. The molecule has 0 aliphatic heterocycles. The van der Waals surface area contributed by atoms with Gasteiger partial charge in [-0.2, -0.15) is 0 Å². The Hall–Kier alpha value is -1.49. The Balaban J connectivity index is 2.47. The highest BCUT2D eigenvalue weighted by atomic mass is 19.2. The number of carbonyl (C=O) groups excluding carboxylic acids is 1. The fourth-order valence-electron chi connectivity index (χ4n) is 1.47. The largest absolute Gasteiger partial charge is 0.355 e. The van der Waals surface area contributed by atoms with E-state index in [1.54, 1.807) is 6.92 Å². The zero-order valence-electron chi connectivity index (χ0n) is 10.6. The van der Waals surface area contributed by atoms with Crippen LogP contribution in [0.15, 0.2) is 18.2 Å². The smallest absolute Gasteiger partial charge is 0.233 e. The Morgan fingerprint density at radius 3 is 2.67 bits per heavy atom. The molecule has 2 N–H and O–H groups in total. The molecule has 1 unspecified atom stereocenters. The van der Waals surface area contributed by atoms with Crippen LogP contribution < -0.4 is 10.6 Å². The lowest BCUT2D eigenvalue weighted by Gasteiger charge is -2.14. The summed E-state index contributed by atoms with van der Waals surface area (Å²) in [6.45, 7) is 4.55. The van der Waals surface area contributed by atoms with Crippen LogP contribution >= 0.6 is 0 Å². The van der Waals surface area contributed by atoms with E-state index >= 15 is 0 Å². The van der Waals surface area contributed by atoms with Gasteiger partial charge in [0.15, 0.2) is 11.6 Å². The van der Waals surface area contributed by atoms with Crippen LogP contribution in [0.1, 0.15) is 31.9 Å². The molecule has 0 radical (unpaired) electrons. The van der Waals surface area contributed by atoms with Gasteiger partial charge in [0.25, 0.3) is 0 Å². The standard InChI is InChI=1S/C13H18F2N2O/c1-3-6-16-13(18)8-17-9(2)10-4-5-11(14)12(15)7-10/h4-5,7,9,17H,3,6,8H2,1-2H3,(H,16,18). The third kappa shape index (κ3) is 4.41. The second-order valence-electron chi connectivity index (χ2n) is 4.13. The molecule has 100 valence electrons. The first-order valence-corrected chi connectivity index (χ1v) is 5.99. The van der Waals surface area contributed by atoms with Crippen LogP contribution in [0.4, 0.5) is 8.78 Å². The van der Waals surface area contributed by atoms with Crippen molar-refractivity contribution in [3.63, 3.8) is 0 Å². The van der Waals surface area contributed by atoms with Crippen molar-refractivity contribution < 1.29 is 13.6 Å². The molecule has 1 atom stereocenters. The molecule has 0 heterocycles. The summed E-state index contributed by atoms with van der Waals surface area (Å²) in [7, 11) is 0. The summed E-state index contributed by atoms with van der Waals surface area (Å²) in [6.07, 6.45) is 0.879. The maximum absolute atomic E-state index is 13.0. The number of carbonyl (C=O) groups is 1. The summed E-state index contributed by atoms with van der Waals surface area (Å²) >= 11 is 0. The maximum Gasteiger partial charge on any atom is 0.233 e. The third-order valence-electron chi connectivity index (χ3n) is 2.58. The van der Waals surface area contributed by atoms with Gasteiger partial charge in [-0.05, 0) is 31.0 Å². The number of halogens is 2. The Labute approximate surface area is 106 Å². The summed E-state index contributed by atoms with van der Waals surface area (Å²) < 4.78 is 25.8. The molecular weight excluding hydrogens is 238 g/mol. The highest BCUT2D eigenvalue weighted by Gasteiger charge is 2.10. The van der Waals surface area contributed by atoms with Gasteiger partial charge in [-0.3, -0.25) is 4.79 Å². The molecule has 18 heavy (non-hydrogen) atoms. The first-order chi connectivity index (χ1) is 8.54. The fourth-order valence-corrected chi connectivity index (χ4v) is 1.47. The van der Waals surface area contributed by atoms with Crippen LogP contribution in [0.25, 0.3) is 0 Å². The molecule has 0 aliphatic rings. The SMILES string of the molecule is CCCNC(=O)CNC(C)c1ccc(F)c(F)c1. The molecule has 5 heteroatoms. The predicted molar refractivity (Wildman–Crippen MR) is 66.1 cm³/mol. The van der Waals surface area contributed by atoms with Crippen LogP contribution in [-0.2, 0) is 4.79 Å². The lowest BCUT2D eigenvalue weighted by Crippen LogP contribution is -2.35. The molecule has 1 amide bonds. The average molecular weight is 256 g/mol. The van der Waals surface area contributed by atoms with Crippen LogP contribution in [-0.4, -0.2) is 19.0 Å². The van der Waals surface area contributed by atoms with Crippen molar-refractivity contribution in [2.45, 2.75) is 26.3 Å². The second-order valence-corrected chi connectivity index (χ2v) is 4.13.